The molecule has 0 unspecified atom stereocenters. The Kier molecular flexibility index (Phi) is 5.15. The highest BCUT2D eigenvalue weighted by molar-refractivity contribution is 7.92. The van der Waals surface area contributed by atoms with Crippen LogP contribution in [-0.2, 0) is 16.4 Å². The van der Waals surface area contributed by atoms with E-state index in [1.54, 1.807) is 55.5 Å². The highest BCUT2D eigenvalue weighted by Gasteiger charge is 2.19. The van der Waals surface area contributed by atoms with E-state index in [0.29, 0.717) is 29.2 Å². The first kappa shape index (κ1) is 19.6. The fraction of sp³-hybridized carbons (Fsp3) is 0.136. The molecule has 29 heavy (non-hydrogen) atoms. The minimum atomic E-state index is -3.76. The van der Waals surface area contributed by atoms with Gasteiger partial charge in [-0.2, -0.15) is 0 Å². The average molecular weight is 429 g/mol. The monoisotopic (exact) mass is 428 g/mol. The second kappa shape index (κ2) is 7.61. The van der Waals surface area contributed by atoms with Gasteiger partial charge in [0.25, 0.3) is 10.0 Å². The molecule has 0 radical (unpaired) electrons. The van der Waals surface area contributed by atoms with Gasteiger partial charge in [-0.1, -0.05) is 29.8 Å². The van der Waals surface area contributed by atoms with Gasteiger partial charge in [0.1, 0.15) is 5.82 Å². The molecule has 0 aromatic heterocycles. The van der Waals surface area contributed by atoms with E-state index >= 15 is 0 Å². The standard InChI is InChI=1S/C22H18ClFN2O2S/c1-14-20(23)3-2-4-21(14)29(27,28)26-18-8-5-15(6-9-18)22-19-10-7-17(24)13-16(19)11-12-25-22/h2-10,13,26H,11-12H2,1H3. The van der Waals surface area contributed by atoms with Crippen LogP contribution in [0.1, 0.15) is 22.3 Å². The van der Waals surface area contributed by atoms with E-state index in [9.17, 15) is 12.8 Å². The highest BCUT2D eigenvalue weighted by Crippen LogP contribution is 2.26. The van der Waals surface area contributed by atoms with Crippen molar-refractivity contribution in [1.29, 1.82) is 0 Å². The molecule has 4 rings (SSSR count). The number of halogens is 2. The molecule has 0 aliphatic carbocycles. The first-order chi connectivity index (χ1) is 13.8. The molecular weight excluding hydrogens is 411 g/mol. The van der Waals surface area contributed by atoms with Crippen LogP contribution in [0.3, 0.4) is 0 Å². The molecule has 0 atom stereocenters. The van der Waals surface area contributed by atoms with Crippen LogP contribution in [0.5, 0.6) is 0 Å². The van der Waals surface area contributed by atoms with Gasteiger partial charge < -0.3 is 0 Å². The normalized spacial score (nSPS) is 13.6. The molecule has 1 heterocycles. The zero-order valence-corrected chi connectivity index (χ0v) is 17.2. The van der Waals surface area contributed by atoms with Crippen molar-refractivity contribution in [3.63, 3.8) is 0 Å². The molecule has 0 spiro atoms. The maximum absolute atomic E-state index is 13.5. The van der Waals surface area contributed by atoms with Gasteiger partial charge in [-0.05, 0) is 66.9 Å². The Labute approximate surface area is 174 Å². The van der Waals surface area contributed by atoms with Crippen LogP contribution in [0.25, 0.3) is 0 Å². The molecular formula is C22H18ClFN2O2S. The fourth-order valence-electron chi connectivity index (χ4n) is 3.41. The van der Waals surface area contributed by atoms with E-state index in [1.165, 1.54) is 12.1 Å². The van der Waals surface area contributed by atoms with Crippen LogP contribution >= 0.6 is 11.6 Å². The number of sulfonamides is 1. The molecule has 0 amide bonds. The fourth-order valence-corrected chi connectivity index (χ4v) is 4.96. The maximum atomic E-state index is 13.5. The number of anilines is 1. The van der Waals surface area contributed by atoms with Gasteiger partial charge in [0.15, 0.2) is 0 Å². The van der Waals surface area contributed by atoms with Crippen molar-refractivity contribution < 1.29 is 12.8 Å². The smallest absolute Gasteiger partial charge is 0.262 e. The summed E-state index contributed by atoms with van der Waals surface area (Å²) in [5.74, 6) is -0.258. The van der Waals surface area contributed by atoms with Gasteiger partial charge in [0.2, 0.25) is 0 Å². The third-order valence-corrected chi connectivity index (χ3v) is 6.83. The summed E-state index contributed by atoms with van der Waals surface area (Å²) in [5, 5.41) is 0.397. The van der Waals surface area contributed by atoms with Crippen molar-refractivity contribution >= 4 is 33.0 Å². The summed E-state index contributed by atoms with van der Waals surface area (Å²) < 4.78 is 41.6. The SMILES string of the molecule is Cc1c(Cl)cccc1S(=O)(=O)Nc1ccc(C2=NCCc3cc(F)ccc32)cc1. The highest BCUT2D eigenvalue weighted by atomic mass is 35.5. The third kappa shape index (κ3) is 3.91. The van der Waals surface area contributed by atoms with Crippen molar-refractivity contribution in [2.45, 2.75) is 18.2 Å². The molecule has 1 N–H and O–H groups in total. The van der Waals surface area contributed by atoms with Crippen LogP contribution < -0.4 is 4.72 Å². The average Bonchev–Trinajstić information content (AvgIpc) is 2.69. The number of rotatable bonds is 4. The number of nitrogens with zero attached hydrogens (tertiary/aromatic N) is 1. The number of benzene rings is 3. The number of fused-ring (bicyclic) bond motifs is 1. The molecule has 4 nitrogen and oxygen atoms in total. The summed E-state index contributed by atoms with van der Waals surface area (Å²) in [6, 6.07) is 16.5. The molecule has 148 valence electrons. The van der Waals surface area contributed by atoms with Gasteiger partial charge >= 0.3 is 0 Å². The minimum Gasteiger partial charge on any atom is -0.284 e. The number of hydrogen-bond donors (Lipinski definition) is 1. The van der Waals surface area contributed by atoms with Crippen LogP contribution in [0.2, 0.25) is 5.02 Å². The molecule has 0 fully saturated rings. The van der Waals surface area contributed by atoms with Crippen LogP contribution in [-0.4, -0.2) is 20.7 Å². The quantitative estimate of drug-likeness (QED) is 0.637. The Morgan fingerprint density at radius 2 is 1.83 bits per heavy atom. The molecule has 0 saturated carbocycles. The van der Waals surface area contributed by atoms with E-state index in [-0.39, 0.29) is 10.7 Å². The Hall–Kier alpha value is -2.70. The second-order valence-corrected chi connectivity index (χ2v) is 8.89. The van der Waals surface area contributed by atoms with Crippen molar-refractivity contribution in [3.8, 4) is 0 Å². The predicted octanol–water partition coefficient (Wildman–Crippen LogP) is 4.98. The summed E-state index contributed by atoms with van der Waals surface area (Å²) in [5.41, 5.74) is 4.39. The summed E-state index contributed by atoms with van der Waals surface area (Å²) >= 11 is 6.05. The van der Waals surface area contributed by atoms with Gasteiger partial charge in [0, 0.05) is 28.4 Å². The first-order valence-corrected chi connectivity index (χ1v) is 10.9. The molecule has 3 aromatic rings. The predicted molar refractivity (Wildman–Crippen MR) is 114 cm³/mol. The van der Waals surface area contributed by atoms with Crippen molar-refractivity contribution in [2.75, 3.05) is 11.3 Å². The van der Waals surface area contributed by atoms with Crippen molar-refractivity contribution in [2.24, 2.45) is 4.99 Å². The molecule has 0 bridgehead atoms. The minimum absolute atomic E-state index is 0.140. The van der Waals surface area contributed by atoms with Crippen molar-refractivity contribution in [3.05, 3.63) is 93.8 Å². The van der Waals surface area contributed by atoms with Gasteiger partial charge in [0.05, 0.1) is 10.6 Å². The lowest BCUT2D eigenvalue weighted by molar-refractivity contribution is 0.600. The summed E-state index contributed by atoms with van der Waals surface area (Å²) in [6.07, 6.45) is 0.702. The summed E-state index contributed by atoms with van der Waals surface area (Å²) in [6.45, 7) is 2.26. The number of hydrogen-bond acceptors (Lipinski definition) is 3. The van der Waals surface area contributed by atoms with Crippen molar-refractivity contribution in [1.82, 2.24) is 0 Å². The zero-order chi connectivity index (χ0) is 20.6. The van der Waals surface area contributed by atoms with Gasteiger partial charge in [-0.25, -0.2) is 12.8 Å². The third-order valence-electron chi connectivity index (χ3n) is 4.89. The summed E-state index contributed by atoms with van der Waals surface area (Å²) in [7, 11) is -3.76. The Bertz CT molecular complexity index is 1220. The lowest BCUT2D eigenvalue weighted by Gasteiger charge is -2.17. The van der Waals surface area contributed by atoms with Crippen LogP contribution in [0, 0.1) is 12.7 Å². The van der Waals surface area contributed by atoms with E-state index in [1.807, 2.05) is 0 Å². The largest absolute Gasteiger partial charge is 0.284 e. The van der Waals surface area contributed by atoms with Crippen LogP contribution in [0.4, 0.5) is 10.1 Å². The number of nitrogens with one attached hydrogen (secondary N) is 1. The first-order valence-electron chi connectivity index (χ1n) is 9.07. The molecule has 1 aliphatic rings. The Morgan fingerprint density at radius 3 is 2.59 bits per heavy atom. The molecule has 3 aromatic carbocycles. The molecule has 7 heteroatoms. The number of aliphatic imine (C=N–C) groups is 1. The zero-order valence-electron chi connectivity index (χ0n) is 15.6. The van der Waals surface area contributed by atoms with E-state index in [0.717, 1.165) is 22.4 Å². The molecule has 1 aliphatic heterocycles. The lowest BCUT2D eigenvalue weighted by Crippen LogP contribution is -2.16. The van der Waals surface area contributed by atoms with Gasteiger partial charge in [-0.15, -0.1) is 0 Å². The lowest BCUT2D eigenvalue weighted by atomic mass is 9.93. The second-order valence-electron chi connectivity index (χ2n) is 6.83. The molecule has 0 saturated heterocycles. The van der Waals surface area contributed by atoms with E-state index in [4.69, 9.17) is 11.6 Å². The Morgan fingerprint density at radius 1 is 1.07 bits per heavy atom. The maximum Gasteiger partial charge on any atom is 0.262 e. The Balaban J connectivity index is 1.61. The van der Waals surface area contributed by atoms with Crippen LogP contribution in [0.15, 0.2) is 70.6 Å². The summed E-state index contributed by atoms with van der Waals surface area (Å²) in [4.78, 5) is 4.73. The topological polar surface area (TPSA) is 58.5 Å². The van der Waals surface area contributed by atoms with E-state index < -0.39 is 10.0 Å². The van der Waals surface area contributed by atoms with Gasteiger partial charge in [-0.3, -0.25) is 9.71 Å². The van der Waals surface area contributed by atoms with E-state index in [2.05, 4.69) is 9.71 Å².